The van der Waals surface area contributed by atoms with Crippen LogP contribution >= 0.6 is 0 Å². The highest BCUT2D eigenvalue weighted by Crippen LogP contribution is 2.26. The van der Waals surface area contributed by atoms with Crippen LogP contribution in [0.1, 0.15) is 23.6 Å². The molecule has 0 saturated heterocycles. The number of nitrogens with one attached hydrogen (secondary N) is 1. The molecule has 0 heterocycles. The van der Waals surface area contributed by atoms with E-state index in [4.69, 9.17) is 23.7 Å². The molecule has 0 bridgehead atoms. The molecule has 0 spiro atoms. The van der Waals surface area contributed by atoms with Crippen molar-refractivity contribution in [2.24, 2.45) is 4.99 Å². The largest absolute Gasteiger partial charge is 0.457 e. The van der Waals surface area contributed by atoms with Crippen LogP contribution in [-0.2, 0) is 28.7 Å². The lowest BCUT2D eigenvalue weighted by Crippen LogP contribution is -2.10. The summed E-state index contributed by atoms with van der Waals surface area (Å²) in [4.78, 5) is 50.9. The molecule has 0 aliphatic carbocycles. The Morgan fingerprint density at radius 1 is 0.795 bits per heavy atom. The minimum atomic E-state index is -0.635. The van der Waals surface area contributed by atoms with Crippen molar-refractivity contribution in [3.63, 3.8) is 0 Å². The molecule has 44 heavy (non-hydrogen) atoms. The lowest BCUT2D eigenvalue weighted by atomic mass is 10.1. The highest BCUT2D eigenvalue weighted by atomic mass is 16.7. The van der Waals surface area contributed by atoms with E-state index in [1.54, 1.807) is 60.8 Å². The molecule has 11 heteroatoms. The van der Waals surface area contributed by atoms with E-state index in [1.165, 1.54) is 25.1 Å². The maximum absolute atomic E-state index is 12.5. The molecule has 3 aromatic carbocycles. The van der Waals surface area contributed by atoms with Crippen molar-refractivity contribution in [3.8, 4) is 17.2 Å². The van der Waals surface area contributed by atoms with Crippen molar-refractivity contribution in [1.82, 2.24) is 0 Å². The fraction of sp³-hybridized carbons (Fsp3) is 0.121. The maximum Gasteiger partial charge on any atom is 0.336 e. The van der Waals surface area contributed by atoms with Gasteiger partial charge in [0.15, 0.2) is 0 Å². The normalized spacial score (nSPS) is 10.6. The number of benzene rings is 3. The molecule has 1 amide bonds. The number of aryl methyl sites for hydroxylation is 1. The summed E-state index contributed by atoms with van der Waals surface area (Å²) in [6, 6.07) is 16.8. The maximum atomic E-state index is 12.5. The number of esters is 3. The topological polar surface area (TPSA) is 139 Å². The average Bonchev–Trinajstić information content (AvgIpc) is 3.00. The van der Waals surface area contributed by atoms with E-state index in [9.17, 15) is 19.2 Å². The lowest BCUT2D eigenvalue weighted by molar-refractivity contribution is -0.145. The first kappa shape index (κ1) is 32.5. The number of ether oxygens (including phenoxy) is 5. The molecular formula is C33H30N2O9. The molecule has 1 N–H and O–H groups in total. The van der Waals surface area contributed by atoms with Gasteiger partial charge in [-0.05, 0) is 84.3 Å². The van der Waals surface area contributed by atoms with Gasteiger partial charge < -0.3 is 29.0 Å². The van der Waals surface area contributed by atoms with Crippen LogP contribution in [0.3, 0.4) is 0 Å². The Labute approximate surface area is 254 Å². The van der Waals surface area contributed by atoms with Crippen LogP contribution in [0.2, 0.25) is 0 Å². The summed E-state index contributed by atoms with van der Waals surface area (Å²) in [5.41, 5.74) is 3.17. The molecule has 11 nitrogen and oxygen atoms in total. The number of aliphatic imine (C=N–C) groups is 1. The summed E-state index contributed by atoms with van der Waals surface area (Å²) in [6.07, 6.45) is 6.46. The first-order valence-corrected chi connectivity index (χ1v) is 13.1. The third-order valence-electron chi connectivity index (χ3n) is 5.54. The van der Waals surface area contributed by atoms with Crippen LogP contribution < -0.4 is 19.5 Å². The first-order chi connectivity index (χ1) is 21.2. The molecule has 0 unspecified atom stereocenters. The summed E-state index contributed by atoms with van der Waals surface area (Å²) in [6.45, 7) is 9.24. The predicted octanol–water partition coefficient (Wildman–Crippen LogP) is 5.45. The van der Waals surface area contributed by atoms with Gasteiger partial charge in [0.2, 0.25) is 19.5 Å². The van der Waals surface area contributed by atoms with E-state index < -0.39 is 17.9 Å². The molecule has 3 rings (SSSR count). The van der Waals surface area contributed by atoms with Crippen molar-refractivity contribution in [2.45, 2.75) is 13.8 Å². The zero-order valence-corrected chi connectivity index (χ0v) is 24.1. The van der Waals surface area contributed by atoms with Crippen LogP contribution in [0.25, 0.3) is 6.08 Å². The zero-order valence-electron chi connectivity index (χ0n) is 24.1. The lowest BCUT2D eigenvalue weighted by Gasteiger charge is -2.11. The number of anilines is 1. The second kappa shape index (κ2) is 16.5. The minimum absolute atomic E-state index is 0.219. The standard InChI is InChI=1S/C33H30N2O9/c1-5-31(37)42-20-40-26-11-7-24(8-12-26)19-34-29-15-14-28(17-22(29)3)44-33(39)16-10-25-9-13-27(18-30(25)35-23(4)36)41-21-43-32(38)6-2/h5-19H,1-2,20-21H2,3-4H3,(H,35,36)/b16-10+,34-19?. The van der Waals surface area contributed by atoms with Gasteiger partial charge in [-0.25, -0.2) is 14.4 Å². The predicted molar refractivity (Wildman–Crippen MR) is 164 cm³/mol. The van der Waals surface area contributed by atoms with E-state index in [1.807, 2.05) is 6.92 Å². The van der Waals surface area contributed by atoms with Crippen molar-refractivity contribution < 1.29 is 42.9 Å². The Hall–Kier alpha value is -5.97. The van der Waals surface area contributed by atoms with E-state index in [0.717, 1.165) is 23.3 Å². The second-order valence-corrected chi connectivity index (χ2v) is 8.82. The summed E-state index contributed by atoms with van der Waals surface area (Å²) >= 11 is 0. The Kier molecular flexibility index (Phi) is 12.2. The van der Waals surface area contributed by atoms with E-state index in [2.05, 4.69) is 23.5 Å². The van der Waals surface area contributed by atoms with Gasteiger partial charge >= 0.3 is 17.9 Å². The molecule has 3 aromatic rings. The highest BCUT2D eigenvalue weighted by molar-refractivity contribution is 5.94. The average molecular weight is 599 g/mol. The Bertz CT molecular complexity index is 1590. The number of nitrogens with zero attached hydrogens (tertiary/aromatic N) is 1. The van der Waals surface area contributed by atoms with Crippen LogP contribution in [-0.4, -0.2) is 43.6 Å². The minimum Gasteiger partial charge on any atom is -0.457 e. The number of carbonyl (C=O) groups is 4. The van der Waals surface area contributed by atoms with Gasteiger partial charge in [-0.2, -0.15) is 0 Å². The van der Waals surface area contributed by atoms with E-state index >= 15 is 0 Å². The first-order valence-electron chi connectivity index (χ1n) is 13.1. The molecule has 0 saturated carbocycles. The number of hydrogen-bond acceptors (Lipinski definition) is 10. The fourth-order valence-corrected chi connectivity index (χ4v) is 3.44. The summed E-state index contributed by atoms with van der Waals surface area (Å²) in [5.74, 6) is -0.980. The number of rotatable bonds is 14. The monoisotopic (exact) mass is 598 g/mol. The van der Waals surface area contributed by atoms with Crippen LogP contribution in [0.4, 0.5) is 11.4 Å². The Morgan fingerprint density at radius 2 is 1.41 bits per heavy atom. The van der Waals surface area contributed by atoms with Gasteiger partial charge in [-0.15, -0.1) is 0 Å². The van der Waals surface area contributed by atoms with Crippen molar-refractivity contribution in [3.05, 3.63) is 109 Å². The quantitative estimate of drug-likeness (QED) is 0.0843. The third kappa shape index (κ3) is 10.8. The highest BCUT2D eigenvalue weighted by Gasteiger charge is 2.08. The second-order valence-electron chi connectivity index (χ2n) is 8.82. The molecular weight excluding hydrogens is 568 g/mol. The zero-order chi connectivity index (χ0) is 31.9. The molecule has 0 aliphatic heterocycles. The number of hydrogen-bond donors (Lipinski definition) is 1. The smallest absolute Gasteiger partial charge is 0.336 e. The third-order valence-corrected chi connectivity index (χ3v) is 5.54. The summed E-state index contributed by atoms with van der Waals surface area (Å²) in [5, 5.41) is 2.67. The van der Waals surface area contributed by atoms with Gasteiger partial charge in [0.1, 0.15) is 17.2 Å². The van der Waals surface area contributed by atoms with Crippen LogP contribution in [0, 0.1) is 6.92 Å². The van der Waals surface area contributed by atoms with E-state index in [-0.39, 0.29) is 19.5 Å². The van der Waals surface area contributed by atoms with Gasteiger partial charge in [0, 0.05) is 37.4 Å². The summed E-state index contributed by atoms with van der Waals surface area (Å²) < 4.78 is 25.7. The molecule has 0 aliphatic rings. The Balaban J connectivity index is 1.59. The molecule has 226 valence electrons. The Morgan fingerprint density at radius 3 is 2.02 bits per heavy atom. The van der Waals surface area contributed by atoms with Crippen LogP contribution in [0.15, 0.2) is 97.0 Å². The molecule has 0 atom stereocenters. The molecule has 0 aromatic heterocycles. The number of carbonyl (C=O) groups excluding carboxylic acids is 4. The summed E-state index contributed by atoms with van der Waals surface area (Å²) in [7, 11) is 0. The van der Waals surface area contributed by atoms with Gasteiger partial charge in [0.05, 0.1) is 11.4 Å². The molecule has 0 radical (unpaired) electrons. The SMILES string of the molecule is C=CC(=O)OCOc1ccc(C=Nc2ccc(OC(=O)/C=C/c3ccc(OCOC(=O)C=C)cc3NC(C)=O)cc2C)cc1. The number of amides is 1. The van der Waals surface area contributed by atoms with E-state index in [0.29, 0.717) is 34.2 Å². The van der Waals surface area contributed by atoms with Crippen molar-refractivity contribution in [1.29, 1.82) is 0 Å². The fourth-order valence-electron chi connectivity index (χ4n) is 3.44. The van der Waals surface area contributed by atoms with Gasteiger partial charge in [-0.1, -0.05) is 13.2 Å². The van der Waals surface area contributed by atoms with Gasteiger partial charge in [-0.3, -0.25) is 9.79 Å². The van der Waals surface area contributed by atoms with Crippen molar-refractivity contribution in [2.75, 3.05) is 18.9 Å². The van der Waals surface area contributed by atoms with Crippen LogP contribution in [0.5, 0.6) is 17.2 Å². The molecule has 0 fully saturated rings. The van der Waals surface area contributed by atoms with Gasteiger partial charge in [0.25, 0.3) is 0 Å². The van der Waals surface area contributed by atoms with Crippen molar-refractivity contribution >= 4 is 47.5 Å².